The summed E-state index contributed by atoms with van der Waals surface area (Å²) in [6.45, 7) is 9.13. The van der Waals surface area contributed by atoms with Gasteiger partial charge in [-0.05, 0) is 57.0 Å². The van der Waals surface area contributed by atoms with Crippen LogP contribution >= 0.6 is 0 Å². The Morgan fingerprint density at radius 3 is 2.38 bits per heavy atom. The molecule has 1 amide bonds. The SMILES string of the molecule is C.Cc1nn(-c2ccc3nnc(C)n3n2)c(C)c1CCC(=O)N1CCN(c2ccccc2)CC1. The highest BCUT2D eigenvalue weighted by Crippen LogP contribution is 2.20. The van der Waals surface area contributed by atoms with Crippen LogP contribution < -0.4 is 4.90 Å². The van der Waals surface area contributed by atoms with Crippen LogP contribution in [0.3, 0.4) is 0 Å². The second-order valence-corrected chi connectivity index (χ2v) is 8.47. The van der Waals surface area contributed by atoms with E-state index >= 15 is 0 Å². The molecule has 9 nitrogen and oxygen atoms in total. The molecule has 9 heteroatoms. The van der Waals surface area contributed by atoms with Gasteiger partial charge in [0.2, 0.25) is 5.91 Å². The number of para-hydroxylation sites is 1. The Balaban J connectivity index is 0.00000274. The first-order chi connectivity index (χ1) is 16.0. The summed E-state index contributed by atoms with van der Waals surface area (Å²) in [7, 11) is 0. The molecule has 0 saturated carbocycles. The number of aromatic nitrogens is 6. The molecule has 3 aromatic heterocycles. The molecular formula is C25H32N8O. The lowest BCUT2D eigenvalue weighted by atomic mass is 10.1. The molecule has 34 heavy (non-hydrogen) atoms. The van der Waals surface area contributed by atoms with Crippen molar-refractivity contribution in [1.29, 1.82) is 0 Å². The van der Waals surface area contributed by atoms with Gasteiger partial charge in [0.1, 0.15) is 0 Å². The summed E-state index contributed by atoms with van der Waals surface area (Å²) >= 11 is 0. The number of rotatable bonds is 5. The van der Waals surface area contributed by atoms with Gasteiger partial charge in [0.25, 0.3) is 0 Å². The summed E-state index contributed by atoms with van der Waals surface area (Å²) in [4.78, 5) is 17.2. The lowest BCUT2D eigenvalue weighted by Crippen LogP contribution is -2.48. The highest BCUT2D eigenvalue weighted by molar-refractivity contribution is 5.77. The van der Waals surface area contributed by atoms with Crippen molar-refractivity contribution in [2.75, 3.05) is 31.1 Å². The molecule has 1 aliphatic heterocycles. The molecule has 0 atom stereocenters. The van der Waals surface area contributed by atoms with Crippen LogP contribution in [0.4, 0.5) is 5.69 Å². The second kappa shape index (κ2) is 9.62. The number of amides is 1. The lowest BCUT2D eigenvalue weighted by Gasteiger charge is -2.36. The molecular weight excluding hydrogens is 428 g/mol. The Hall–Kier alpha value is -3.75. The predicted octanol–water partition coefficient (Wildman–Crippen LogP) is 3.15. The van der Waals surface area contributed by atoms with Gasteiger partial charge in [-0.2, -0.15) is 9.61 Å². The number of piperazine rings is 1. The van der Waals surface area contributed by atoms with Crippen molar-refractivity contribution in [3.8, 4) is 5.82 Å². The normalized spacial score (nSPS) is 13.9. The van der Waals surface area contributed by atoms with Crippen LogP contribution in [-0.2, 0) is 11.2 Å². The number of nitrogens with zero attached hydrogens (tertiary/aromatic N) is 8. The third-order valence-electron chi connectivity index (χ3n) is 6.41. The topological polar surface area (TPSA) is 84.4 Å². The Labute approximate surface area is 200 Å². The summed E-state index contributed by atoms with van der Waals surface area (Å²) < 4.78 is 3.55. The summed E-state index contributed by atoms with van der Waals surface area (Å²) in [6, 6.07) is 14.2. The smallest absolute Gasteiger partial charge is 0.223 e. The van der Waals surface area contributed by atoms with Gasteiger partial charge in [0, 0.05) is 44.0 Å². The van der Waals surface area contributed by atoms with E-state index in [0.29, 0.717) is 24.3 Å². The minimum Gasteiger partial charge on any atom is -0.368 e. The number of carbonyl (C=O) groups excluding carboxylic acids is 1. The molecule has 5 rings (SSSR count). The zero-order valence-electron chi connectivity index (χ0n) is 19.3. The van der Waals surface area contributed by atoms with Gasteiger partial charge < -0.3 is 9.80 Å². The van der Waals surface area contributed by atoms with Gasteiger partial charge in [-0.1, -0.05) is 25.6 Å². The Kier molecular flexibility index (Phi) is 6.63. The van der Waals surface area contributed by atoms with Gasteiger partial charge in [-0.25, -0.2) is 4.68 Å². The monoisotopic (exact) mass is 460 g/mol. The average molecular weight is 461 g/mol. The molecule has 0 spiro atoms. The van der Waals surface area contributed by atoms with Crippen LogP contribution in [0.25, 0.3) is 11.5 Å². The zero-order chi connectivity index (χ0) is 22.9. The van der Waals surface area contributed by atoms with Crippen LogP contribution in [0.2, 0.25) is 0 Å². The molecule has 1 fully saturated rings. The molecule has 1 saturated heterocycles. The van der Waals surface area contributed by atoms with Gasteiger partial charge in [-0.15, -0.1) is 15.3 Å². The van der Waals surface area contributed by atoms with Gasteiger partial charge in [-0.3, -0.25) is 4.79 Å². The van der Waals surface area contributed by atoms with Crippen molar-refractivity contribution in [3.05, 3.63) is 65.2 Å². The fourth-order valence-corrected chi connectivity index (χ4v) is 4.50. The number of hydrogen-bond donors (Lipinski definition) is 0. The van der Waals surface area contributed by atoms with Crippen molar-refractivity contribution in [1.82, 2.24) is 34.5 Å². The molecule has 0 bridgehead atoms. The minimum atomic E-state index is 0. The number of hydrogen-bond acceptors (Lipinski definition) is 6. The van der Waals surface area contributed by atoms with E-state index in [-0.39, 0.29) is 13.3 Å². The molecule has 4 heterocycles. The third kappa shape index (κ3) is 4.37. The molecule has 0 unspecified atom stereocenters. The average Bonchev–Trinajstić information content (AvgIpc) is 3.36. The standard InChI is InChI=1S/C24H28N8O.CH4/c1-17-21(18(2)31(27-17)23-11-10-22-26-25-19(3)32(22)28-23)9-12-24(33)30-15-13-29(14-16-30)20-7-5-4-6-8-20;/h4-8,10-11H,9,12-16H2,1-3H3;1H4. The van der Waals surface area contributed by atoms with Crippen LogP contribution in [0, 0.1) is 20.8 Å². The lowest BCUT2D eigenvalue weighted by molar-refractivity contribution is -0.131. The van der Waals surface area contributed by atoms with E-state index in [0.717, 1.165) is 49.0 Å². The molecule has 1 aromatic carbocycles. The van der Waals surface area contributed by atoms with Crippen molar-refractivity contribution in [3.63, 3.8) is 0 Å². The van der Waals surface area contributed by atoms with Gasteiger partial charge >= 0.3 is 0 Å². The number of carbonyl (C=O) groups is 1. The molecule has 0 N–H and O–H groups in total. The summed E-state index contributed by atoms with van der Waals surface area (Å²) in [5.41, 5.74) is 4.96. The summed E-state index contributed by atoms with van der Waals surface area (Å²) in [5, 5.41) is 17.5. The van der Waals surface area contributed by atoms with E-state index in [9.17, 15) is 4.79 Å². The third-order valence-corrected chi connectivity index (χ3v) is 6.41. The van der Waals surface area contributed by atoms with E-state index in [1.54, 1.807) is 4.52 Å². The van der Waals surface area contributed by atoms with Gasteiger partial charge in [0.05, 0.1) is 5.69 Å². The highest BCUT2D eigenvalue weighted by atomic mass is 16.2. The van der Waals surface area contributed by atoms with E-state index in [1.165, 1.54) is 5.69 Å². The molecule has 1 aliphatic rings. The van der Waals surface area contributed by atoms with Crippen LogP contribution in [0.15, 0.2) is 42.5 Å². The van der Waals surface area contributed by atoms with E-state index in [1.807, 2.05) is 48.6 Å². The quantitative estimate of drug-likeness (QED) is 0.455. The van der Waals surface area contributed by atoms with Crippen molar-refractivity contribution in [2.24, 2.45) is 0 Å². The first-order valence-corrected chi connectivity index (χ1v) is 11.3. The van der Waals surface area contributed by atoms with Crippen molar-refractivity contribution >= 4 is 17.2 Å². The van der Waals surface area contributed by atoms with Crippen LogP contribution in [0.1, 0.15) is 36.6 Å². The first-order valence-electron chi connectivity index (χ1n) is 11.3. The first kappa shape index (κ1) is 23.4. The largest absolute Gasteiger partial charge is 0.368 e. The molecule has 0 radical (unpaired) electrons. The molecule has 0 aliphatic carbocycles. The van der Waals surface area contributed by atoms with Crippen LogP contribution in [0.5, 0.6) is 0 Å². The summed E-state index contributed by atoms with van der Waals surface area (Å²) in [5.74, 6) is 1.64. The van der Waals surface area contributed by atoms with Crippen LogP contribution in [-0.4, -0.2) is 66.6 Å². The maximum atomic E-state index is 12.9. The number of fused-ring (bicyclic) bond motifs is 1. The maximum Gasteiger partial charge on any atom is 0.223 e. The minimum absolute atomic E-state index is 0. The Morgan fingerprint density at radius 1 is 0.912 bits per heavy atom. The maximum absolute atomic E-state index is 12.9. The number of anilines is 1. The fourth-order valence-electron chi connectivity index (χ4n) is 4.50. The van der Waals surface area contributed by atoms with E-state index < -0.39 is 0 Å². The highest BCUT2D eigenvalue weighted by Gasteiger charge is 2.22. The number of aryl methyl sites for hydroxylation is 2. The Bertz CT molecular complexity index is 1290. The van der Waals surface area contributed by atoms with E-state index in [4.69, 9.17) is 5.10 Å². The van der Waals surface area contributed by atoms with Crippen molar-refractivity contribution in [2.45, 2.75) is 41.0 Å². The second-order valence-electron chi connectivity index (χ2n) is 8.47. The van der Waals surface area contributed by atoms with E-state index in [2.05, 4.69) is 44.5 Å². The fraction of sp³-hybridized carbons (Fsp3) is 0.400. The molecule has 4 aromatic rings. The zero-order valence-corrected chi connectivity index (χ0v) is 19.3. The molecule has 178 valence electrons. The summed E-state index contributed by atoms with van der Waals surface area (Å²) in [6.07, 6.45) is 1.15. The van der Waals surface area contributed by atoms with Crippen molar-refractivity contribution < 1.29 is 4.79 Å². The predicted molar refractivity (Wildman–Crippen MR) is 132 cm³/mol. The Morgan fingerprint density at radius 2 is 1.65 bits per heavy atom. The number of benzene rings is 1. The van der Waals surface area contributed by atoms with Gasteiger partial charge in [0.15, 0.2) is 17.3 Å².